The first-order valence-electron chi connectivity index (χ1n) is 12.1. The van der Waals surface area contributed by atoms with Gasteiger partial charge in [0.1, 0.15) is 11.8 Å². The molecule has 0 bridgehead atoms. The fourth-order valence-electron chi connectivity index (χ4n) is 4.88. The minimum atomic E-state index is -0.938. The lowest BCUT2D eigenvalue weighted by molar-refractivity contribution is -0.142. The number of hydrogen-bond acceptors (Lipinski definition) is 4. The summed E-state index contributed by atoms with van der Waals surface area (Å²) in [6.07, 6.45) is 2.23. The van der Waals surface area contributed by atoms with E-state index in [1.165, 1.54) is 12.7 Å². The Balaban J connectivity index is 1.52. The van der Waals surface area contributed by atoms with Crippen molar-refractivity contribution in [1.29, 1.82) is 0 Å². The van der Waals surface area contributed by atoms with E-state index in [4.69, 9.17) is 32.7 Å². The van der Waals surface area contributed by atoms with E-state index in [9.17, 15) is 9.59 Å². The van der Waals surface area contributed by atoms with Gasteiger partial charge in [0.25, 0.3) is 5.91 Å². The predicted octanol–water partition coefficient (Wildman–Crippen LogP) is 6.65. The molecule has 0 saturated heterocycles. The molecule has 5 nitrogen and oxygen atoms in total. The second-order valence-corrected chi connectivity index (χ2v) is 9.73. The van der Waals surface area contributed by atoms with Crippen LogP contribution in [-0.2, 0) is 22.4 Å². The second kappa shape index (κ2) is 10.8. The number of halogens is 2. The monoisotopic (exact) mass is 533 g/mol. The van der Waals surface area contributed by atoms with Gasteiger partial charge in [0, 0.05) is 12.0 Å². The average Bonchev–Trinajstić information content (AvgIpc) is 2.92. The zero-order valence-electron chi connectivity index (χ0n) is 20.2. The molecule has 1 amide bonds. The topological polar surface area (TPSA) is 64.6 Å². The lowest BCUT2D eigenvalue weighted by atomic mass is 9.90. The molecule has 1 aliphatic heterocycles. The van der Waals surface area contributed by atoms with E-state index in [1.807, 2.05) is 30.3 Å². The van der Waals surface area contributed by atoms with Gasteiger partial charge >= 0.3 is 5.97 Å². The minimum Gasteiger partial charge on any atom is -0.493 e. The highest BCUT2D eigenvalue weighted by atomic mass is 35.5. The van der Waals surface area contributed by atoms with Crippen molar-refractivity contribution in [3.05, 3.63) is 99.5 Å². The van der Waals surface area contributed by atoms with Gasteiger partial charge in [-0.3, -0.25) is 4.79 Å². The highest BCUT2D eigenvalue weighted by Gasteiger charge is 2.26. The first kappa shape index (κ1) is 25.1. The summed E-state index contributed by atoms with van der Waals surface area (Å²) in [6, 6.07) is 22.2. The van der Waals surface area contributed by atoms with E-state index in [0.29, 0.717) is 6.61 Å². The van der Waals surface area contributed by atoms with Crippen molar-refractivity contribution < 1.29 is 19.1 Å². The zero-order valence-corrected chi connectivity index (χ0v) is 21.7. The van der Waals surface area contributed by atoms with Crippen LogP contribution in [0.15, 0.2) is 72.8 Å². The summed E-state index contributed by atoms with van der Waals surface area (Å²) >= 11 is 12.4. The van der Waals surface area contributed by atoms with Crippen molar-refractivity contribution in [2.75, 3.05) is 13.7 Å². The molecule has 4 aromatic rings. The third kappa shape index (κ3) is 5.02. The van der Waals surface area contributed by atoms with Crippen molar-refractivity contribution in [1.82, 2.24) is 5.32 Å². The van der Waals surface area contributed by atoms with Crippen LogP contribution in [0.1, 0.15) is 27.9 Å². The maximum Gasteiger partial charge on any atom is 0.328 e. The summed E-state index contributed by atoms with van der Waals surface area (Å²) in [4.78, 5) is 25.8. The van der Waals surface area contributed by atoms with Crippen LogP contribution in [0.4, 0.5) is 0 Å². The average molecular weight is 534 g/mol. The van der Waals surface area contributed by atoms with Crippen molar-refractivity contribution in [3.63, 3.8) is 0 Å². The highest BCUT2D eigenvalue weighted by Crippen LogP contribution is 2.40. The quantitative estimate of drug-likeness (QED) is 0.281. The fourth-order valence-corrected chi connectivity index (χ4v) is 5.45. The Morgan fingerprint density at radius 3 is 2.41 bits per heavy atom. The lowest BCUT2D eigenvalue weighted by Gasteiger charge is -2.22. The van der Waals surface area contributed by atoms with Crippen LogP contribution in [-0.4, -0.2) is 31.6 Å². The standard InChI is InChI=1S/C30H25Cl2NO4/c1-36-30(35)26(33-29(34)27-24(31)12-5-13-25(27)32)17-19-14-15-22(21-10-3-2-9-20(19)21)23-11-4-7-18-8-6-16-37-28(18)23/h2-5,7,9-15,26H,6,8,16-17H2,1H3,(H,33,34)/t26-/m0/s1. The van der Waals surface area contributed by atoms with Crippen LogP contribution in [0.2, 0.25) is 10.0 Å². The first-order chi connectivity index (χ1) is 18.0. The number of esters is 1. The summed E-state index contributed by atoms with van der Waals surface area (Å²) in [6.45, 7) is 0.704. The Morgan fingerprint density at radius 2 is 1.65 bits per heavy atom. The van der Waals surface area contributed by atoms with Gasteiger partial charge < -0.3 is 14.8 Å². The number of carbonyl (C=O) groups excluding carboxylic acids is 2. The van der Waals surface area contributed by atoms with Crippen molar-refractivity contribution in [2.24, 2.45) is 0 Å². The number of nitrogens with one attached hydrogen (secondary N) is 1. The summed E-state index contributed by atoms with van der Waals surface area (Å²) in [5.41, 5.74) is 4.33. The third-order valence-corrected chi connectivity index (χ3v) is 7.27. The van der Waals surface area contributed by atoms with Crippen LogP contribution in [0.3, 0.4) is 0 Å². The maximum atomic E-state index is 13.0. The Kier molecular flexibility index (Phi) is 7.36. The van der Waals surface area contributed by atoms with E-state index >= 15 is 0 Å². The second-order valence-electron chi connectivity index (χ2n) is 8.91. The largest absolute Gasteiger partial charge is 0.493 e. The highest BCUT2D eigenvalue weighted by molar-refractivity contribution is 6.39. The molecule has 5 rings (SSSR count). The molecule has 0 aromatic heterocycles. The molecule has 1 atom stereocenters. The number of ether oxygens (including phenoxy) is 2. The lowest BCUT2D eigenvalue weighted by Crippen LogP contribution is -2.43. The van der Waals surface area contributed by atoms with E-state index in [-0.39, 0.29) is 22.0 Å². The normalized spacial score (nSPS) is 13.4. The molecule has 37 heavy (non-hydrogen) atoms. The summed E-state index contributed by atoms with van der Waals surface area (Å²) < 4.78 is 11.1. The smallest absolute Gasteiger partial charge is 0.328 e. The van der Waals surface area contributed by atoms with Gasteiger partial charge in [-0.2, -0.15) is 0 Å². The fraction of sp³-hybridized carbons (Fsp3) is 0.200. The summed E-state index contributed by atoms with van der Waals surface area (Å²) in [7, 11) is 1.30. The van der Waals surface area contributed by atoms with Gasteiger partial charge in [0.05, 0.1) is 29.3 Å². The van der Waals surface area contributed by atoms with E-state index < -0.39 is 17.9 Å². The molecule has 0 saturated carbocycles. The number of rotatable bonds is 6. The van der Waals surface area contributed by atoms with Crippen LogP contribution < -0.4 is 10.1 Å². The molecule has 0 fully saturated rings. The molecule has 1 N–H and O–H groups in total. The first-order valence-corrected chi connectivity index (χ1v) is 12.8. The van der Waals surface area contributed by atoms with Crippen molar-refractivity contribution in [3.8, 4) is 16.9 Å². The summed E-state index contributed by atoms with van der Waals surface area (Å²) in [5.74, 6) is -0.168. The maximum absolute atomic E-state index is 13.0. The van der Waals surface area contributed by atoms with Crippen LogP contribution in [0.25, 0.3) is 21.9 Å². The number of amides is 1. The van der Waals surface area contributed by atoms with Crippen molar-refractivity contribution in [2.45, 2.75) is 25.3 Å². The molecule has 0 aliphatic carbocycles. The molecule has 0 unspecified atom stereocenters. The minimum absolute atomic E-state index is 0.119. The molecular formula is C30H25Cl2NO4. The number of aryl methyl sites for hydroxylation is 1. The molecule has 0 spiro atoms. The van der Waals surface area contributed by atoms with Gasteiger partial charge in [-0.1, -0.05) is 83.9 Å². The number of para-hydroxylation sites is 1. The Bertz CT molecular complexity index is 1480. The Morgan fingerprint density at radius 1 is 0.919 bits per heavy atom. The number of carbonyl (C=O) groups is 2. The number of methoxy groups -OCH3 is 1. The molecule has 1 heterocycles. The van der Waals surface area contributed by atoms with E-state index in [1.54, 1.807) is 18.2 Å². The number of fused-ring (bicyclic) bond motifs is 2. The molecule has 7 heteroatoms. The predicted molar refractivity (Wildman–Crippen MR) is 147 cm³/mol. The molecule has 0 radical (unpaired) electrons. The molecule has 1 aliphatic rings. The van der Waals surface area contributed by atoms with Gasteiger partial charge in [-0.05, 0) is 52.4 Å². The Labute approximate surface area is 225 Å². The zero-order chi connectivity index (χ0) is 25.9. The van der Waals surface area contributed by atoms with Gasteiger partial charge in [0.2, 0.25) is 0 Å². The summed E-state index contributed by atoms with van der Waals surface area (Å²) in [5, 5.41) is 5.19. The van der Waals surface area contributed by atoms with Gasteiger partial charge in [-0.15, -0.1) is 0 Å². The number of hydrogen-bond donors (Lipinski definition) is 1. The van der Waals surface area contributed by atoms with E-state index in [0.717, 1.165) is 46.1 Å². The van der Waals surface area contributed by atoms with Gasteiger partial charge in [0.15, 0.2) is 0 Å². The van der Waals surface area contributed by atoms with Crippen LogP contribution >= 0.6 is 23.2 Å². The van der Waals surface area contributed by atoms with Gasteiger partial charge in [-0.25, -0.2) is 4.79 Å². The molecule has 4 aromatic carbocycles. The SMILES string of the molecule is COC(=O)[C@H](Cc1ccc(-c2cccc3c2OCCC3)c2ccccc12)NC(=O)c1c(Cl)cccc1Cl. The number of benzene rings is 4. The molecule has 188 valence electrons. The molecular weight excluding hydrogens is 509 g/mol. The van der Waals surface area contributed by atoms with Crippen LogP contribution in [0, 0.1) is 0 Å². The Hall–Kier alpha value is -3.54. The van der Waals surface area contributed by atoms with E-state index in [2.05, 4.69) is 29.6 Å². The van der Waals surface area contributed by atoms with Crippen molar-refractivity contribution >= 4 is 45.9 Å². The third-order valence-electron chi connectivity index (χ3n) is 6.64. The van der Waals surface area contributed by atoms with Crippen LogP contribution in [0.5, 0.6) is 5.75 Å².